The fraction of sp³-hybridized carbons (Fsp3) is 0.850. The van der Waals surface area contributed by atoms with Crippen LogP contribution in [0.3, 0.4) is 0 Å². The maximum absolute atomic E-state index is 12.5. The van der Waals surface area contributed by atoms with Crippen LogP contribution >= 0.6 is 12.6 Å². The number of likely N-dealkylation sites (tertiary alicyclic amines) is 1. The second kappa shape index (κ2) is 11.2. The Kier molecular flexibility index (Phi) is 9.94. The van der Waals surface area contributed by atoms with Gasteiger partial charge in [-0.25, -0.2) is 0 Å². The van der Waals surface area contributed by atoms with Crippen molar-refractivity contribution in [1.82, 2.24) is 15.5 Å². The van der Waals surface area contributed by atoms with Gasteiger partial charge in [0.15, 0.2) is 0 Å². The molecule has 0 radical (unpaired) electrons. The van der Waals surface area contributed by atoms with Gasteiger partial charge in [-0.3, -0.25) is 19.3 Å². The summed E-state index contributed by atoms with van der Waals surface area (Å²) in [5.41, 5.74) is -0.641. The van der Waals surface area contributed by atoms with Gasteiger partial charge in [-0.2, -0.15) is 12.6 Å². The number of hydrogen-bond acceptors (Lipinski definition) is 6. The van der Waals surface area contributed by atoms with E-state index >= 15 is 0 Å². The summed E-state index contributed by atoms with van der Waals surface area (Å²) in [6.45, 7) is 12.8. The van der Waals surface area contributed by atoms with Gasteiger partial charge in [-0.15, -0.1) is 0 Å². The lowest BCUT2D eigenvalue weighted by Gasteiger charge is -2.29. The first-order chi connectivity index (χ1) is 13.0. The Balaban J connectivity index is 2.19. The molecule has 28 heavy (non-hydrogen) atoms. The van der Waals surface area contributed by atoms with Gasteiger partial charge in [0.1, 0.15) is 0 Å². The molecule has 0 spiro atoms. The smallest absolute Gasteiger partial charge is 0.242 e. The number of nitrogens with one attached hydrogen (secondary N) is 2. The highest BCUT2D eigenvalue weighted by molar-refractivity contribution is 7.81. The van der Waals surface area contributed by atoms with Gasteiger partial charge in [-0.05, 0) is 46.6 Å². The van der Waals surface area contributed by atoms with Crippen LogP contribution in [0.25, 0.3) is 0 Å². The highest BCUT2D eigenvalue weighted by Crippen LogP contribution is 2.26. The summed E-state index contributed by atoms with van der Waals surface area (Å²) in [5.74, 6) is -0.302. The van der Waals surface area contributed by atoms with Crippen molar-refractivity contribution in [2.45, 2.75) is 71.2 Å². The molecule has 1 aliphatic heterocycles. The minimum atomic E-state index is -0.489. The van der Waals surface area contributed by atoms with Crippen LogP contribution in [0.15, 0.2) is 0 Å². The van der Waals surface area contributed by atoms with E-state index in [0.717, 1.165) is 6.42 Å². The molecule has 0 bridgehead atoms. The van der Waals surface area contributed by atoms with Gasteiger partial charge in [0, 0.05) is 38.1 Å². The lowest BCUT2D eigenvalue weighted by Crippen LogP contribution is -2.42. The molecule has 162 valence electrons. The Bertz CT molecular complexity index is 550. The molecular formula is C20H37N3O4S. The SMILES string of the molecule is CCC(C)(CCOC(C)(C)C)C(=O)NCCNCCCN1C(=O)CC(S)C1=O. The molecule has 0 aromatic rings. The quantitative estimate of drug-likeness (QED) is 0.257. The Morgan fingerprint density at radius 3 is 2.43 bits per heavy atom. The zero-order valence-corrected chi connectivity index (χ0v) is 18.9. The van der Waals surface area contributed by atoms with Crippen molar-refractivity contribution in [2.24, 2.45) is 5.41 Å². The van der Waals surface area contributed by atoms with E-state index in [1.54, 1.807) is 0 Å². The van der Waals surface area contributed by atoms with Crippen molar-refractivity contribution >= 4 is 30.4 Å². The van der Waals surface area contributed by atoms with E-state index in [4.69, 9.17) is 4.74 Å². The summed E-state index contributed by atoms with van der Waals surface area (Å²) in [5, 5.41) is 5.73. The molecule has 1 heterocycles. The van der Waals surface area contributed by atoms with E-state index < -0.39 is 10.7 Å². The predicted octanol–water partition coefficient (Wildman–Crippen LogP) is 1.76. The molecule has 0 aromatic carbocycles. The summed E-state index contributed by atoms with van der Waals surface area (Å²) in [6, 6.07) is 0. The van der Waals surface area contributed by atoms with Gasteiger partial charge < -0.3 is 15.4 Å². The van der Waals surface area contributed by atoms with E-state index in [1.807, 2.05) is 34.6 Å². The molecule has 8 heteroatoms. The van der Waals surface area contributed by atoms with Crippen molar-refractivity contribution in [1.29, 1.82) is 0 Å². The Morgan fingerprint density at radius 2 is 1.89 bits per heavy atom. The van der Waals surface area contributed by atoms with Gasteiger partial charge in [0.2, 0.25) is 17.7 Å². The summed E-state index contributed by atoms with van der Waals surface area (Å²) >= 11 is 4.11. The minimum Gasteiger partial charge on any atom is -0.376 e. The van der Waals surface area contributed by atoms with Gasteiger partial charge in [0.05, 0.1) is 10.9 Å². The summed E-state index contributed by atoms with van der Waals surface area (Å²) in [7, 11) is 0. The molecular weight excluding hydrogens is 378 g/mol. The molecule has 0 aromatic heterocycles. The fourth-order valence-corrected chi connectivity index (χ4v) is 3.19. The van der Waals surface area contributed by atoms with Crippen molar-refractivity contribution in [3.05, 3.63) is 0 Å². The van der Waals surface area contributed by atoms with Crippen molar-refractivity contribution < 1.29 is 19.1 Å². The van der Waals surface area contributed by atoms with Crippen molar-refractivity contribution in [2.75, 3.05) is 32.8 Å². The van der Waals surface area contributed by atoms with Crippen LogP contribution in [0.1, 0.15) is 60.3 Å². The summed E-state index contributed by atoms with van der Waals surface area (Å²) in [4.78, 5) is 37.2. The maximum atomic E-state index is 12.5. The largest absolute Gasteiger partial charge is 0.376 e. The predicted molar refractivity (Wildman–Crippen MR) is 113 cm³/mol. The number of amides is 3. The van der Waals surface area contributed by atoms with Crippen LogP contribution in [0.2, 0.25) is 0 Å². The zero-order valence-electron chi connectivity index (χ0n) is 18.0. The number of rotatable bonds is 12. The number of thiol groups is 1. The fourth-order valence-electron chi connectivity index (χ4n) is 2.90. The van der Waals surface area contributed by atoms with Crippen LogP contribution in [0, 0.1) is 5.41 Å². The third-order valence-corrected chi connectivity index (χ3v) is 5.46. The molecule has 2 unspecified atom stereocenters. The van der Waals surface area contributed by atoms with E-state index in [2.05, 4.69) is 23.3 Å². The number of hydrogen-bond donors (Lipinski definition) is 3. The second-order valence-electron chi connectivity index (χ2n) is 8.59. The molecule has 0 saturated carbocycles. The van der Waals surface area contributed by atoms with E-state index in [1.165, 1.54) is 4.90 Å². The molecule has 2 atom stereocenters. The van der Waals surface area contributed by atoms with Crippen molar-refractivity contribution in [3.8, 4) is 0 Å². The van der Waals surface area contributed by atoms with E-state index in [-0.39, 0.29) is 29.7 Å². The van der Waals surface area contributed by atoms with Gasteiger partial charge in [0.25, 0.3) is 0 Å². The summed E-state index contributed by atoms with van der Waals surface area (Å²) in [6.07, 6.45) is 2.31. The van der Waals surface area contributed by atoms with E-state index in [9.17, 15) is 14.4 Å². The normalized spacial score (nSPS) is 19.8. The first kappa shape index (κ1) is 24.9. The topological polar surface area (TPSA) is 87.7 Å². The van der Waals surface area contributed by atoms with E-state index in [0.29, 0.717) is 45.6 Å². The highest BCUT2D eigenvalue weighted by Gasteiger charge is 2.35. The van der Waals surface area contributed by atoms with Gasteiger partial charge >= 0.3 is 0 Å². The monoisotopic (exact) mass is 415 g/mol. The zero-order chi connectivity index (χ0) is 21.4. The Labute approximate surface area is 174 Å². The number of imide groups is 1. The molecule has 1 saturated heterocycles. The lowest BCUT2D eigenvalue weighted by atomic mass is 9.83. The standard InChI is InChI=1S/C20H37N3O4S/c1-6-20(5,8-13-27-19(2,3)4)18(26)22-11-10-21-9-7-12-23-16(24)14-15(28)17(23)25/h15,21,28H,6-14H2,1-5H3,(H,22,26). The maximum Gasteiger partial charge on any atom is 0.242 e. The Morgan fingerprint density at radius 1 is 1.21 bits per heavy atom. The lowest BCUT2D eigenvalue weighted by molar-refractivity contribution is -0.138. The van der Waals surface area contributed by atoms with Crippen LogP contribution < -0.4 is 10.6 Å². The second-order valence-corrected chi connectivity index (χ2v) is 9.21. The summed E-state index contributed by atoms with van der Waals surface area (Å²) < 4.78 is 5.76. The third kappa shape index (κ3) is 8.09. The molecule has 0 aliphatic carbocycles. The number of nitrogens with zero attached hydrogens (tertiary/aromatic N) is 1. The van der Waals surface area contributed by atoms with Crippen LogP contribution in [-0.2, 0) is 19.1 Å². The Hall–Kier alpha value is -1.12. The molecule has 2 N–H and O–H groups in total. The van der Waals surface area contributed by atoms with Crippen molar-refractivity contribution in [3.63, 3.8) is 0 Å². The average Bonchev–Trinajstić information content (AvgIpc) is 2.85. The third-order valence-electron chi connectivity index (χ3n) is 5.06. The van der Waals surface area contributed by atoms with Gasteiger partial charge in [-0.1, -0.05) is 13.8 Å². The molecule has 1 rings (SSSR count). The minimum absolute atomic E-state index is 0.0439. The number of ether oxygens (including phenoxy) is 1. The first-order valence-corrected chi connectivity index (χ1v) is 10.7. The van der Waals surface area contributed by atoms with Crippen LogP contribution in [-0.4, -0.2) is 66.3 Å². The highest BCUT2D eigenvalue weighted by atomic mass is 32.1. The number of carbonyl (C=O) groups is 3. The molecule has 7 nitrogen and oxygen atoms in total. The van der Waals surface area contributed by atoms with Crippen LogP contribution in [0.5, 0.6) is 0 Å². The molecule has 1 fully saturated rings. The molecule has 1 aliphatic rings. The first-order valence-electron chi connectivity index (χ1n) is 10.2. The average molecular weight is 416 g/mol. The number of carbonyl (C=O) groups excluding carboxylic acids is 3. The molecule has 3 amide bonds. The van der Waals surface area contributed by atoms with Crippen LogP contribution in [0.4, 0.5) is 0 Å².